The number of urea groups is 1. The summed E-state index contributed by atoms with van der Waals surface area (Å²) in [7, 11) is 0. The van der Waals surface area contributed by atoms with Crippen molar-refractivity contribution < 1.29 is 14.7 Å². The Labute approximate surface area is 123 Å². The van der Waals surface area contributed by atoms with Gasteiger partial charge in [0.15, 0.2) is 0 Å². The molecule has 0 aliphatic heterocycles. The lowest BCUT2D eigenvalue weighted by atomic mass is 9.96. The van der Waals surface area contributed by atoms with Gasteiger partial charge in [0.1, 0.15) is 5.82 Å². The predicted octanol–water partition coefficient (Wildman–Crippen LogP) is 1.66. The molecule has 0 saturated heterocycles. The smallest absolute Gasteiger partial charge is 0.315 e. The molecule has 2 rings (SSSR count). The second kappa shape index (κ2) is 7.10. The van der Waals surface area contributed by atoms with E-state index in [2.05, 4.69) is 20.6 Å². The van der Waals surface area contributed by atoms with Crippen LogP contribution in [-0.4, -0.2) is 33.6 Å². The summed E-state index contributed by atoms with van der Waals surface area (Å²) < 4.78 is 0. The Hall–Kier alpha value is -2.05. The molecule has 0 bridgehead atoms. The Balaban J connectivity index is 1.80. The highest BCUT2D eigenvalue weighted by Crippen LogP contribution is 2.31. The summed E-state index contributed by atoms with van der Waals surface area (Å²) in [6.07, 6.45) is 6.55. The van der Waals surface area contributed by atoms with Crippen molar-refractivity contribution in [1.82, 2.24) is 20.6 Å². The fourth-order valence-electron chi connectivity index (χ4n) is 2.87. The SMILES string of the molecule is CCC(NC(=O)NCC1CCCC1C(=O)O)c1ncc[nH]1. The zero-order valence-electron chi connectivity index (χ0n) is 12.1. The van der Waals surface area contributed by atoms with Gasteiger partial charge >= 0.3 is 12.0 Å². The molecule has 116 valence electrons. The normalized spacial score (nSPS) is 22.7. The van der Waals surface area contributed by atoms with Crippen molar-refractivity contribution >= 4 is 12.0 Å². The first kappa shape index (κ1) is 15.3. The fraction of sp³-hybridized carbons (Fsp3) is 0.643. The van der Waals surface area contributed by atoms with Crippen LogP contribution in [0.4, 0.5) is 4.79 Å². The van der Waals surface area contributed by atoms with Gasteiger partial charge in [-0.15, -0.1) is 0 Å². The standard InChI is InChI=1S/C14H22N4O3/c1-2-11(12-15-6-7-16-12)18-14(21)17-8-9-4-3-5-10(9)13(19)20/h6-7,9-11H,2-5,8H2,1H3,(H,15,16)(H,19,20)(H2,17,18,21). The molecular formula is C14H22N4O3. The minimum atomic E-state index is -0.762. The van der Waals surface area contributed by atoms with E-state index in [-0.39, 0.29) is 23.9 Å². The largest absolute Gasteiger partial charge is 0.481 e. The van der Waals surface area contributed by atoms with Crippen molar-refractivity contribution in [3.05, 3.63) is 18.2 Å². The van der Waals surface area contributed by atoms with Crippen LogP contribution in [0, 0.1) is 11.8 Å². The summed E-state index contributed by atoms with van der Waals surface area (Å²) in [6, 6.07) is -0.451. The molecule has 1 aromatic rings. The molecule has 1 aromatic heterocycles. The van der Waals surface area contributed by atoms with Gasteiger partial charge in [0.2, 0.25) is 0 Å². The topological polar surface area (TPSA) is 107 Å². The highest BCUT2D eigenvalue weighted by atomic mass is 16.4. The number of imidazole rings is 1. The number of hydrogen-bond acceptors (Lipinski definition) is 3. The number of rotatable bonds is 6. The molecule has 0 spiro atoms. The minimum absolute atomic E-state index is 0.0249. The van der Waals surface area contributed by atoms with Gasteiger partial charge in [-0.05, 0) is 25.2 Å². The summed E-state index contributed by atoms with van der Waals surface area (Å²) >= 11 is 0. The quantitative estimate of drug-likeness (QED) is 0.640. The lowest BCUT2D eigenvalue weighted by molar-refractivity contribution is -0.142. The lowest BCUT2D eigenvalue weighted by Crippen LogP contribution is -2.41. The van der Waals surface area contributed by atoms with Crippen molar-refractivity contribution in [2.45, 2.75) is 38.6 Å². The van der Waals surface area contributed by atoms with E-state index >= 15 is 0 Å². The molecule has 1 heterocycles. The van der Waals surface area contributed by atoms with E-state index < -0.39 is 5.97 Å². The number of carboxylic acid groups (broad SMARTS) is 1. The van der Waals surface area contributed by atoms with Gasteiger partial charge in [0.25, 0.3) is 0 Å². The van der Waals surface area contributed by atoms with Crippen LogP contribution in [0.15, 0.2) is 12.4 Å². The van der Waals surface area contributed by atoms with E-state index in [1.165, 1.54) is 0 Å². The number of aliphatic carboxylic acids is 1. The van der Waals surface area contributed by atoms with Gasteiger partial charge in [0, 0.05) is 18.9 Å². The number of amides is 2. The van der Waals surface area contributed by atoms with Gasteiger partial charge in [-0.2, -0.15) is 0 Å². The molecule has 0 radical (unpaired) electrons. The summed E-state index contributed by atoms with van der Waals surface area (Å²) in [5.41, 5.74) is 0. The molecule has 1 aliphatic rings. The fourth-order valence-corrected chi connectivity index (χ4v) is 2.87. The van der Waals surface area contributed by atoms with E-state index in [4.69, 9.17) is 5.11 Å². The van der Waals surface area contributed by atoms with Crippen LogP contribution in [0.1, 0.15) is 44.5 Å². The summed E-state index contributed by atoms with van der Waals surface area (Å²) in [6.45, 7) is 2.36. The van der Waals surface area contributed by atoms with Crippen molar-refractivity contribution in [3.63, 3.8) is 0 Å². The van der Waals surface area contributed by atoms with Crippen LogP contribution in [0.5, 0.6) is 0 Å². The van der Waals surface area contributed by atoms with Gasteiger partial charge in [-0.3, -0.25) is 4.79 Å². The second-order valence-electron chi connectivity index (χ2n) is 5.43. The first-order chi connectivity index (χ1) is 10.1. The van der Waals surface area contributed by atoms with Gasteiger partial charge in [-0.25, -0.2) is 9.78 Å². The lowest BCUT2D eigenvalue weighted by Gasteiger charge is -2.19. The molecule has 3 atom stereocenters. The zero-order valence-corrected chi connectivity index (χ0v) is 12.1. The van der Waals surface area contributed by atoms with E-state index in [9.17, 15) is 9.59 Å². The number of carbonyl (C=O) groups is 2. The Morgan fingerprint density at radius 3 is 2.95 bits per heavy atom. The maximum absolute atomic E-state index is 11.9. The summed E-state index contributed by atoms with van der Waals surface area (Å²) in [5, 5.41) is 14.7. The van der Waals surface area contributed by atoms with Gasteiger partial charge in [-0.1, -0.05) is 13.3 Å². The summed E-state index contributed by atoms with van der Waals surface area (Å²) in [5.74, 6) is -0.354. The van der Waals surface area contributed by atoms with Gasteiger partial charge in [0.05, 0.1) is 12.0 Å². The van der Waals surface area contributed by atoms with Crippen LogP contribution >= 0.6 is 0 Å². The Kier molecular flexibility index (Phi) is 5.19. The molecule has 2 amide bonds. The average Bonchev–Trinajstić information content (AvgIpc) is 3.13. The summed E-state index contributed by atoms with van der Waals surface area (Å²) in [4.78, 5) is 30.1. The van der Waals surface area contributed by atoms with Crippen LogP contribution in [0.25, 0.3) is 0 Å². The molecule has 21 heavy (non-hydrogen) atoms. The Bertz CT molecular complexity index is 475. The molecular weight excluding hydrogens is 272 g/mol. The number of hydrogen-bond donors (Lipinski definition) is 4. The number of carbonyl (C=O) groups excluding carboxylic acids is 1. The van der Waals surface area contributed by atoms with E-state index in [1.54, 1.807) is 12.4 Å². The molecule has 1 aliphatic carbocycles. The second-order valence-corrected chi connectivity index (χ2v) is 5.43. The van der Waals surface area contributed by atoms with Crippen LogP contribution in [0.3, 0.4) is 0 Å². The molecule has 1 saturated carbocycles. The third-order valence-electron chi connectivity index (χ3n) is 4.06. The van der Waals surface area contributed by atoms with E-state index in [0.29, 0.717) is 13.0 Å². The maximum Gasteiger partial charge on any atom is 0.315 e. The van der Waals surface area contributed by atoms with Gasteiger partial charge < -0.3 is 20.7 Å². The highest BCUT2D eigenvalue weighted by Gasteiger charge is 2.32. The molecule has 7 nitrogen and oxygen atoms in total. The molecule has 4 N–H and O–H groups in total. The number of aromatic nitrogens is 2. The van der Waals surface area contributed by atoms with Crippen LogP contribution in [-0.2, 0) is 4.79 Å². The molecule has 1 fully saturated rings. The molecule has 0 aromatic carbocycles. The average molecular weight is 294 g/mol. The predicted molar refractivity (Wildman–Crippen MR) is 76.6 cm³/mol. The van der Waals surface area contributed by atoms with Crippen molar-refractivity contribution in [2.75, 3.05) is 6.54 Å². The van der Waals surface area contributed by atoms with E-state index in [0.717, 1.165) is 25.1 Å². The third-order valence-corrected chi connectivity index (χ3v) is 4.06. The maximum atomic E-state index is 11.9. The van der Waals surface area contributed by atoms with Crippen molar-refractivity contribution in [2.24, 2.45) is 11.8 Å². The zero-order chi connectivity index (χ0) is 15.2. The monoisotopic (exact) mass is 294 g/mol. The number of nitrogens with one attached hydrogen (secondary N) is 3. The third kappa shape index (κ3) is 3.96. The molecule has 3 unspecified atom stereocenters. The highest BCUT2D eigenvalue weighted by molar-refractivity contribution is 5.74. The Morgan fingerprint density at radius 2 is 2.33 bits per heavy atom. The first-order valence-corrected chi connectivity index (χ1v) is 7.38. The first-order valence-electron chi connectivity index (χ1n) is 7.38. The van der Waals surface area contributed by atoms with Crippen molar-refractivity contribution in [1.29, 1.82) is 0 Å². The van der Waals surface area contributed by atoms with Crippen LogP contribution in [0.2, 0.25) is 0 Å². The van der Waals surface area contributed by atoms with E-state index in [1.807, 2.05) is 6.92 Å². The Morgan fingerprint density at radius 1 is 1.52 bits per heavy atom. The number of H-pyrrole nitrogens is 1. The number of nitrogens with zero attached hydrogens (tertiary/aromatic N) is 1. The van der Waals surface area contributed by atoms with Crippen molar-refractivity contribution in [3.8, 4) is 0 Å². The molecule has 7 heteroatoms. The number of carboxylic acids is 1. The minimum Gasteiger partial charge on any atom is -0.481 e. The number of aromatic amines is 1. The van der Waals surface area contributed by atoms with Crippen LogP contribution < -0.4 is 10.6 Å².